The second-order valence-electron chi connectivity index (χ2n) is 4.15. The van der Waals surface area contributed by atoms with Crippen LogP contribution < -0.4 is 4.74 Å². The minimum Gasteiger partial charge on any atom is -0.477 e. The van der Waals surface area contributed by atoms with Gasteiger partial charge in [0.25, 0.3) is 0 Å². The van der Waals surface area contributed by atoms with Crippen molar-refractivity contribution in [1.82, 2.24) is 9.97 Å². The Kier molecular flexibility index (Phi) is 3.75. The molecule has 1 aromatic heterocycles. The minimum atomic E-state index is -1.09. The third-order valence-corrected chi connectivity index (χ3v) is 2.60. The molecule has 1 heterocycles. The molecule has 5 heteroatoms. The van der Waals surface area contributed by atoms with Crippen LogP contribution in [0.2, 0.25) is 0 Å². The first-order valence-electron chi connectivity index (χ1n) is 5.87. The maximum Gasteiger partial charge on any atom is 0.354 e. The third-order valence-electron chi connectivity index (χ3n) is 2.60. The van der Waals surface area contributed by atoms with Gasteiger partial charge in [-0.25, -0.2) is 9.78 Å². The van der Waals surface area contributed by atoms with Crippen LogP contribution in [-0.4, -0.2) is 21.0 Å². The number of carbonyl (C=O) groups is 1. The van der Waals surface area contributed by atoms with Gasteiger partial charge < -0.3 is 9.84 Å². The summed E-state index contributed by atoms with van der Waals surface area (Å²) >= 11 is 0. The van der Waals surface area contributed by atoms with Gasteiger partial charge >= 0.3 is 12.0 Å². The maximum absolute atomic E-state index is 10.9. The molecule has 1 N–H and O–H groups in total. The van der Waals surface area contributed by atoms with Crippen LogP contribution in [0.15, 0.2) is 36.4 Å². The van der Waals surface area contributed by atoms with Crippen LogP contribution in [0.25, 0.3) is 0 Å². The van der Waals surface area contributed by atoms with Gasteiger partial charge in [0.05, 0.1) is 0 Å². The minimum absolute atomic E-state index is 0.0669. The summed E-state index contributed by atoms with van der Waals surface area (Å²) < 4.78 is 5.59. The van der Waals surface area contributed by atoms with Crippen molar-refractivity contribution in [2.45, 2.75) is 20.0 Å². The van der Waals surface area contributed by atoms with Gasteiger partial charge in [-0.05, 0) is 25.5 Å². The second-order valence-corrected chi connectivity index (χ2v) is 4.15. The van der Waals surface area contributed by atoms with E-state index in [1.807, 2.05) is 37.3 Å². The lowest BCUT2D eigenvalue weighted by atomic mass is 10.1. The molecule has 0 amide bonds. The number of carboxylic acid groups (broad SMARTS) is 1. The summed E-state index contributed by atoms with van der Waals surface area (Å²) in [5, 5.41) is 8.94. The monoisotopic (exact) mass is 258 g/mol. The number of aromatic nitrogens is 2. The molecule has 0 fully saturated rings. The molecule has 5 nitrogen and oxygen atoms in total. The number of carboxylic acids is 1. The molecule has 1 unspecified atom stereocenters. The molecule has 0 saturated carbocycles. The first kappa shape index (κ1) is 13.0. The van der Waals surface area contributed by atoms with E-state index in [0.29, 0.717) is 5.69 Å². The van der Waals surface area contributed by atoms with Crippen LogP contribution in [-0.2, 0) is 0 Å². The highest BCUT2D eigenvalue weighted by atomic mass is 16.5. The van der Waals surface area contributed by atoms with E-state index in [9.17, 15) is 4.79 Å². The molecule has 0 saturated heterocycles. The van der Waals surface area contributed by atoms with Crippen molar-refractivity contribution >= 4 is 5.97 Å². The van der Waals surface area contributed by atoms with Crippen LogP contribution >= 0.6 is 0 Å². The number of hydrogen-bond acceptors (Lipinski definition) is 4. The average molecular weight is 258 g/mol. The fraction of sp³-hybridized carbons (Fsp3) is 0.214. The summed E-state index contributed by atoms with van der Waals surface area (Å²) in [6.07, 6.45) is -0.246. The van der Waals surface area contributed by atoms with Crippen LogP contribution in [0.4, 0.5) is 0 Å². The number of aryl methyl sites for hydroxylation is 1. The van der Waals surface area contributed by atoms with E-state index in [1.54, 1.807) is 6.92 Å². The van der Waals surface area contributed by atoms with Crippen molar-refractivity contribution in [3.8, 4) is 6.01 Å². The van der Waals surface area contributed by atoms with E-state index >= 15 is 0 Å². The van der Waals surface area contributed by atoms with Crippen molar-refractivity contribution in [3.05, 3.63) is 53.3 Å². The molecule has 0 spiro atoms. The summed E-state index contributed by atoms with van der Waals surface area (Å²) in [7, 11) is 0. The molecule has 98 valence electrons. The van der Waals surface area contributed by atoms with Gasteiger partial charge in [-0.1, -0.05) is 30.3 Å². The van der Waals surface area contributed by atoms with Gasteiger partial charge in [-0.15, -0.1) is 0 Å². The Morgan fingerprint density at radius 3 is 2.58 bits per heavy atom. The number of nitrogens with zero attached hydrogens (tertiary/aromatic N) is 2. The van der Waals surface area contributed by atoms with Crippen LogP contribution in [0, 0.1) is 6.92 Å². The SMILES string of the molecule is Cc1cc(C(=O)O)nc(OC(C)c2ccccc2)n1. The van der Waals surface area contributed by atoms with Crippen molar-refractivity contribution in [2.24, 2.45) is 0 Å². The van der Waals surface area contributed by atoms with Crippen molar-refractivity contribution in [3.63, 3.8) is 0 Å². The molecule has 0 aliphatic carbocycles. The summed E-state index contributed by atoms with van der Waals surface area (Å²) in [6, 6.07) is 11.1. The molecule has 1 aromatic carbocycles. The normalized spacial score (nSPS) is 11.9. The van der Waals surface area contributed by atoms with Crippen LogP contribution in [0.1, 0.15) is 34.8 Å². The van der Waals surface area contributed by atoms with Gasteiger partial charge in [-0.2, -0.15) is 4.98 Å². The second kappa shape index (κ2) is 5.48. The highest BCUT2D eigenvalue weighted by molar-refractivity contribution is 5.85. The number of rotatable bonds is 4. The van der Waals surface area contributed by atoms with E-state index in [4.69, 9.17) is 9.84 Å². The Morgan fingerprint density at radius 2 is 1.95 bits per heavy atom. The highest BCUT2D eigenvalue weighted by Crippen LogP contribution is 2.18. The lowest BCUT2D eigenvalue weighted by molar-refractivity contribution is 0.0687. The number of benzene rings is 1. The molecule has 0 aliphatic rings. The van der Waals surface area contributed by atoms with Gasteiger partial charge in [-0.3, -0.25) is 0 Å². The quantitative estimate of drug-likeness (QED) is 0.912. The molecule has 0 bridgehead atoms. The zero-order valence-electron chi connectivity index (χ0n) is 10.7. The van der Waals surface area contributed by atoms with E-state index in [-0.39, 0.29) is 17.8 Å². The van der Waals surface area contributed by atoms with Crippen LogP contribution in [0.5, 0.6) is 6.01 Å². The maximum atomic E-state index is 10.9. The lowest BCUT2D eigenvalue weighted by Crippen LogP contribution is -2.09. The predicted molar refractivity (Wildman–Crippen MR) is 69.2 cm³/mol. The summed E-state index contributed by atoms with van der Waals surface area (Å²) in [4.78, 5) is 18.9. The topological polar surface area (TPSA) is 72.3 Å². The van der Waals surface area contributed by atoms with Gasteiger partial charge in [0.15, 0.2) is 5.69 Å². The zero-order chi connectivity index (χ0) is 13.8. The molecule has 1 atom stereocenters. The summed E-state index contributed by atoms with van der Waals surface area (Å²) in [6.45, 7) is 3.57. The first-order chi connectivity index (χ1) is 9.06. The van der Waals surface area contributed by atoms with Crippen molar-refractivity contribution < 1.29 is 14.6 Å². The fourth-order valence-electron chi connectivity index (χ4n) is 1.65. The van der Waals surface area contributed by atoms with E-state index in [1.165, 1.54) is 6.07 Å². The zero-order valence-corrected chi connectivity index (χ0v) is 10.7. The molecule has 2 aromatic rings. The summed E-state index contributed by atoms with van der Waals surface area (Å²) in [5.74, 6) is -1.09. The number of hydrogen-bond donors (Lipinski definition) is 1. The number of ether oxygens (including phenoxy) is 1. The largest absolute Gasteiger partial charge is 0.477 e. The van der Waals surface area contributed by atoms with Gasteiger partial charge in [0, 0.05) is 5.69 Å². The van der Waals surface area contributed by atoms with Crippen LogP contribution in [0.3, 0.4) is 0 Å². The fourth-order valence-corrected chi connectivity index (χ4v) is 1.65. The molecular formula is C14H14N2O3. The highest BCUT2D eigenvalue weighted by Gasteiger charge is 2.13. The Balaban J connectivity index is 2.21. The Morgan fingerprint density at radius 1 is 1.26 bits per heavy atom. The lowest BCUT2D eigenvalue weighted by Gasteiger charge is -2.13. The molecular weight excluding hydrogens is 244 g/mol. The molecule has 0 aliphatic heterocycles. The predicted octanol–water partition coefficient (Wildman–Crippen LogP) is 2.62. The molecule has 0 radical (unpaired) electrons. The Bertz CT molecular complexity index is 584. The Labute approximate surface area is 110 Å². The van der Waals surface area contributed by atoms with E-state index < -0.39 is 5.97 Å². The smallest absolute Gasteiger partial charge is 0.354 e. The third kappa shape index (κ3) is 3.28. The average Bonchev–Trinajstić information content (AvgIpc) is 2.39. The van der Waals surface area contributed by atoms with Crippen molar-refractivity contribution in [2.75, 3.05) is 0 Å². The van der Waals surface area contributed by atoms with Gasteiger partial charge in [0.2, 0.25) is 0 Å². The van der Waals surface area contributed by atoms with Crippen molar-refractivity contribution in [1.29, 1.82) is 0 Å². The Hall–Kier alpha value is -2.43. The van der Waals surface area contributed by atoms with Gasteiger partial charge in [0.1, 0.15) is 6.10 Å². The first-order valence-corrected chi connectivity index (χ1v) is 5.87. The molecule has 2 rings (SSSR count). The standard InChI is InChI=1S/C14H14N2O3/c1-9-8-12(13(17)18)16-14(15-9)19-10(2)11-6-4-3-5-7-11/h3-8,10H,1-2H3,(H,17,18). The van der Waals surface area contributed by atoms with E-state index in [2.05, 4.69) is 9.97 Å². The summed E-state index contributed by atoms with van der Waals surface area (Å²) in [5.41, 5.74) is 1.47. The van der Waals surface area contributed by atoms with E-state index in [0.717, 1.165) is 5.56 Å². The molecule has 19 heavy (non-hydrogen) atoms. The number of aromatic carboxylic acids is 1.